The molecule has 2 saturated heterocycles. The Balaban J connectivity index is 1.66. The van der Waals surface area contributed by atoms with Crippen molar-refractivity contribution in [1.29, 1.82) is 0 Å². The molecule has 2 aliphatic heterocycles. The van der Waals surface area contributed by atoms with E-state index < -0.39 is 18.0 Å². The number of esters is 2. The SMILES string of the molecule is CC(=O)O[C@H]1C[C@]23C(O)O[C@@H]4OC(=O)[C@H](CCC2[C@@]2(C)CCCC(C)(C)C12)C43. The highest BCUT2D eigenvalue weighted by atomic mass is 16.8. The molecule has 6 nitrogen and oxygen atoms in total. The zero-order chi connectivity index (χ0) is 20.1. The summed E-state index contributed by atoms with van der Waals surface area (Å²) in [6.45, 7) is 8.38. The molecule has 0 aromatic rings. The Kier molecular flexibility index (Phi) is 3.85. The molecule has 9 atom stereocenters. The maximum Gasteiger partial charge on any atom is 0.311 e. The number of fused-ring (bicyclic) bond motifs is 2. The third kappa shape index (κ3) is 2.16. The lowest BCUT2D eigenvalue weighted by Crippen LogP contribution is -2.66. The van der Waals surface area contributed by atoms with Crippen molar-refractivity contribution in [3.8, 4) is 0 Å². The highest BCUT2D eigenvalue weighted by Gasteiger charge is 2.76. The fourth-order valence-corrected chi connectivity index (χ4v) is 8.65. The van der Waals surface area contributed by atoms with Crippen molar-refractivity contribution in [3.05, 3.63) is 0 Å². The summed E-state index contributed by atoms with van der Waals surface area (Å²) in [5.74, 6) is -0.372. The van der Waals surface area contributed by atoms with Gasteiger partial charge in [0.2, 0.25) is 6.29 Å². The number of aliphatic hydroxyl groups is 1. The predicted octanol–water partition coefficient (Wildman–Crippen LogP) is 3.01. The Morgan fingerprint density at radius 2 is 1.96 bits per heavy atom. The average molecular weight is 392 g/mol. The lowest BCUT2D eigenvalue weighted by atomic mass is 9.38. The minimum Gasteiger partial charge on any atom is -0.462 e. The number of carbonyl (C=O) groups is 2. The minimum atomic E-state index is -0.982. The molecule has 1 N–H and O–H groups in total. The standard InChI is InChI=1S/C22H32O6/c1-11(23)26-13-10-22-14(21(4)9-5-8-20(2,3)16(13)21)7-6-12-15(22)18(27-17(12)24)28-19(22)25/h12-16,18-19,25H,5-10H2,1-4H3/t12-,13+,14?,15?,16?,18+,19?,21-,22+/m1/s1. The van der Waals surface area contributed by atoms with Crippen LogP contribution in [-0.4, -0.2) is 35.7 Å². The van der Waals surface area contributed by atoms with Crippen molar-refractivity contribution in [2.24, 2.45) is 39.9 Å². The van der Waals surface area contributed by atoms with Crippen LogP contribution in [0.3, 0.4) is 0 Å². The summed E-state index contributed by atoms with van der Waals surface area (Å²) in [5, 5.41) is 11.2. The van der Waals surface area contributed by atoms with E-state index >= 15 is 0 Å². The van der Waals surface area contributed by atoms with Crippen molar-refractivity contribution in [1.82, 2.24) is 0 Å². The molecule has 4 unspecified atom stereocenters. The Labute approximate surface area is 166 Å². The van der Waals surface area contributed by atoms with Crippen LogP contribution in [0.15, 0.2) is 0 Å². The fourth-order valence-electron chi connectivity index (χ4n) is 8.65. The molecule has 5 aliphatic rings. The zero-order valence-electron chi connectivity index (χ0n) is 17.3. The first-order chi connectivity index (χ1) is 13.1. The molecule has 6 heteroatoms. The molecule has 5 rings (SSSR count). The van der Waals surface area contributed by atoms with Crippen molar-refractivity contribution in [2.75, 3.05) is 0 Å². The molecule has 156 valence electrons. The first-order valence-electron chi connectivity index (χ1n) is 10.8. The predicted molar refractivity (Wildman–Crippen MR) is 98.5 cm³/mol. The monoisotopic (exact) mass is 392 g/mol. The van der Waals surface area contributed by atoms with Crippen molar-refractivity contribution < 1.29 is 28.9 Å². The van der Waals surface area contributed by atoms with Crippen LogP contribution in [0.1, 0.15) is 66.2 Å². The molecule has 28 heavy (non-hydrogen) atoms. The van der Waals surface area contributed by atoms with E-state index in [4.69, 9.17) is 14.2 Å². The van der Waals surface area contributed by atoms with Gasteiger partial charge in [0.1, 0.15) is 6.10 Å². The fraction of sp³-hybridized carbons (Fsp3) is 0.909. The van der Waals surface area contributed by atoms with Crippen LogP contribution in [0, 0.1) is 39.9 Å². The van der Waals surface area contributed by atoms with Crippen molar-refractivity contribution in [3.63, 3.8) is 0 Å². The first-order valence-corrected chi connectivity index (χ1v) is 10.8. The minimum absolute atomic E-state index is 0.0530. The molecule has 0 aromatic carbocycles. The summed E-state index contributed by atoms with van der Waals surface area (Å²) >= 11 is 0. The highest BCUT2D eigenvalue weighted by molar-refractivity contribution is 5.75. The van der Waals surface area contributed by atoms with Gasteiger partial charge in [-0.15, -0.1) is 0 Å². The average Bonchev–Trinajstić information content (AvgIpc) is 3.02. The van der Waals surface area contributed by atoms with E-state index in [2.05, 4.69) is 20.8 Å². The second kappa shape index (κ2) is 5.72. The van der Waals surface area contributed by atoms with Gasteiger partial charge in [-0.05, 0) is 48.9 Å². The van der Waals surface area contributed by atoms with Gasteiger partial charge in [0.05, 0.1) is 5.92 Å². The number of aliphatic hydroxyl groups excluding tert-OH is 1. The molecular weight excluding hydrogens is 360 g/mol. The van der Waals surface area contributed by atoms with E-state index in [-0.39, 0.29) is 52.5 Å². The van der Waals surface area contributed by atoms with Crippen LogP contribution >= 0.6 is 0 Å². The number of rotatable bonds is 1. The first kappa shape index (κ1) is 18.9. The molecule has 3 aliphatic carbocycles. The lowest BCUT2D eigenvalue weighted by molar-refractivity contribution is -0.267. The Morgan fingerprint density at radius 1 is 1.21 bits per heavy atom. The van der Waals surface area contributed by atoms with Gasteiger partial charge < -0.3 is 19.3 Å². The van der Waals surface area contributed by atoms with E-state index in [0.717, 1.165) is 32.1 Å². The van der Waals surface area contributed by atoms with Crippen LogP contribution in [0.5, 0.6) is 0 Å². The van der Waals surface area contributed by atoms with Crippen molar-refractivity contribution in [2.45, 2.75) is 84.9 Å². The topological polar surface area (TPSA) is 82.1 Å². The van der Waals surface area contributed by atoms with E-state index in [1.807, 2.05) is 0 Å². The van der Waals surface area contributed by atoms with E-state index in [0.29, 0.717) is 6.42 Å². The van der Waals surface area contributed by atoms with Crippen LogP contribution in [0.25, 0.3) is 0 Å². The smallest absolute Gasteiger partial charge is 0.311 e. The van der Waals surface area contributed by atoms with Gasteiger partial charge in [-0.3, -0.25) is 9.59 Å². The lowest BCUT2D eigenvalue weighted by Gasteiger charge is -2.66. The number of carbonyl (C=O) groups excluding carboxylic acids is 2. The van der Waals surface area contributed by atoms with E-state index in [9.17, 15) is 14.7 Å². The molecule has 2 heterocycles. The maximum absolute atomic E-state index is 12.4. The number of ether oxygens (including phenoxy) is 3. The quantitative estimate of drug-likeness (QED) is 0.691. The van der Waals surface area contributed by atoms with Crippen LogP contribution in [0.4, 0.5) is 0 Å². The Bertz CT molecular complexity index is 718. The zero-order valence-corrected chi connectivity index (χ0v) is 17.3. The van der Waals surface area contributed by atoms with Gasteiger partial charge in [0.25, 0.3) is 0 Å². The van der Waals surface area contributed by atoms with Crippen LogP contribution in [0.2, 0.25) is 0 Å². The Morgan fingerprint density at radius 3 is 2.68 bits per heavy atom. The van der Waals surface area contributed by atoms with Gasteiger partial charge >= 0.3 is 11.9 Å². The van der Waals surface area contributed by atoms with E-state index in [1.54, 1.807) is 0 Å². The van der Waals surface area contributed by atoms with Gasteiger partial charge in [-0.2, -0.15) is 0 Å². The van der Waals surface area contributed by atoms with Gasteiger partial charge in [0, 0.05) is 24.2 Å². The number of hydrogen-bond donors (Lipinski definition) is 1. The normalized spacial score (nSPS) is 53.6. The van der Waals surface area contributed by atoms with Crippen LogP contribution < -0.4 is 0 Å². The highest BCUT2D eigenvalue weighted by Crippen LogP contribution is 2.73. The summed E-state index contributed by atoms with van der Waals surface area (Å²) in [4.78, 5) is 24.5. The summed E-state index contributed by atoms with van der Waals surface area (Å²) in [7, 11) is 0. The molecule has 5 fully saturated rings. The molecular formula is C22H32O6. The Hall–Kier alpha value is -1.14. The van der Waals surface area contributed by atoms with Gasteiger partial charge in [-0.1, -0.05) is 27.2 Å². The number of hydrogen-bond acceptors (Lipinski definition) is 6. The molecule has 1 spiro atoms. The molecule has 0 aromatic heterocycles. The molecule has 0 amide bonds. The summed E-state index contributed by atoms with van der Waals surface area (Å²) < 4.78 is 17.3. The van der Waals surface area contributed by atoms with Gasteiger partial charge in [-0.25, -0.2) is 0 Å². The third-order valence-corrected chi connectivity index (χ3v) is 9.15. The summed E-state index contributed by atoms with van der Waals surface area (Å²) in [6.07, 6.45) is 3.60. The molecule has 3 saturated carbocycles. The van der Waals surface area contributed by atoms with E-state index in [1.165, 1.54) is 6.92 Å². The maximum atomic E-state index is 12.4. The second-order valence-corrected chi connectivity index (χ2v) is 10.8. The largest absolute Gasteiger partial charge is 0.462 e. The third-order valence-electron chi connectivity index (χ3n) is 9.15. The second-order valence-electron chi connectivity index (χ2n) is 10.8. The van der Waals surface area contributed by atoms with Gasteiger partial charge in [0.15, 0.2) is 6.29 Å². The summed E-state index contributed by atoms with van der Waals surface area (Å²) in [5.41, 5.74) is -0.605. The summed E-state index contributed by atoms with van der Waals surface area (Å²) in [6, 6.07) is 0. The molecule has 0 bridgehead atoms. The van der Waals surface area contributed by atoms with Crippen LogP contribution in [-0.2, 0) is 23.8 Å². The molecule has 0 radical (unpaired) electrons. The van der Waals surface area contributed by atoms with Crippen molar-refractivity contribution >= 4 is 11.9 Å².